The molecule has 3 aromatic carbocycles. The van der Waals surface area contributed by atoms with Gasteiger partial charge in [0.05, 0.1) is 0 Å². The summed E-state index contributed by atoms with van der Waals surface area (Å²) in [6.07, 6.45) is 1.53. The van der Waals surface area contributed by atoms with Crippen LogP contribution in [-0.2, 0) is 9.13 Å². The highest BCUT2D eigenvalue weighted by Gasteiger charge is 2.53. The summed E-state index contributed by atoms with van der Waals surface area (Å²) in [4.78, 5) is 0. The molecule has 3 aromatic rings. The SMILES string of the molecule is CCC(C)(Oc1c(C)cccc1C)[P+](=O)Oc1ccc(O[P+](=O)C(CC)(CC)Oc2c(C)cccc2C)cc1. The molecule has 6 nitrogen and oxygen atoms in total. The lowest BCUT2D eigenvalue weighted by atomic mass is 10.1. The van der Waals surface area contributed by atoms with Gasteiger partial charge in [0.1, 0.15) is 11.5 Å². The van der Waals surface area contributed by atoms with Crippen molar-refractivity contribution in [2.24, 2.45) is 0 Å². The van der Waals surface area contributed by atoms with Crippen molar-refractivity contribution in [3.8, 4) is 23.0 Å². The van der Waals surface area contributed by atoms with Gasteiger partial charge in [-0.25, -0.2) is 0 Å². The number of benzene rings is 3. The molecule has 0 saturated carbocycles. The van der Waals surface area contributed by atoms with Gasteiger partial charge in [0.25, 0.3) is 0 Å². The Bertz CT molecular complexity index is 1280. The summed E-state index contributed by atoms with van der Waals surface area (Å²) in [6.45, 7) is 15.5. The number of rotatable bonds is 13. The van der Waals surface area contributed by atoms with Crippen LogP contribution < -0.4 is 18.5 Å². The molecule has 0 N–H and O–H groups in total. The van der Waals surface area contributed by atoms with Gasteiger partial charge in [-0.15, -0.1) is 0 Å². The van der Waals surface area contributed by atoms with E-state index in [-0.39, 0.29) is 0 Å². The first kappa shape index (κ1) is 30.6. The van der Waals surface area contributed by atoms with Crippen LogP contribution in [0.2, 0.25) is 0 Å². The summed E-state index contributed by atoms with van der Waals surface area (Å²) in [7, 11) is -4.45. The van der Waals surface area contributed by atoms with Crippen LogP contribution in [0.5, 0.6) is 23.0 Å². The van der Waals surface area contributed by atoms with Crippen molar-refractivity contribution in [2.75, 3.05) is 0 Å². The van der Waals surface area contributed by atoms with Crippen molar-refractivity contribution in [1.82, 2.24) is 0 Å². The van der Waals surface area contributed by atoms with E-state index in [1.165, 1.54) is 0 Å². The smallest absolute Gasteiger partial charge is 0.441 e. The average molecular weight is 571 g/mol. The van der Waals surface area contributed by atoms with Gasteiger partial charge in [-0.3, -0.25) is 9.05 Å². The lowest BCUT2D eigenvalue weighted by Crippen LogP contribution is -2.32. The van der Waals surface area contributed by atoms with E-state index in [9.17, 15) is 9.13 Å². The molecule has 208 valence electrons. The van der Waals surface area contributed by atoms with Gasteiger partial charge in [0.2, 0.25) is 0 Å². The van der Waals surface area contributed by atoms with E-state index >= 15 is 0 Å². The molecule has 0 amide bonds. The molecule has 8 heteroatoms. The standard InChI is InChI=1S/C31H40O6P2/c1-9-30(8,34-28-22(4)14-12-15-23(28)5)38(32)36-26-18-20-27(21-19-26)37-39(33)31(10-2,11-3)35-29-24(6)16-13-17-25(29)7/h12-21H,9-11H2,1-8H3/q+2. The van der Waals surface area contributed by atoms with E-state index in [4.69, 9.17) is 18.5 Å². The molecular weight excluding hydrogens is 530 g/mol. The van der Waals surface area contributed by atoms with Gasteiger partial charge in [0.15, 0.2) is 11.5 Å². The zero-order valence-electron chi connectivity index (χ0n) is 24.2. The highest BCUT2D eigenvalue weighted by atomic mass is 31.1. The molecule has 0 heterocycles. The molecule has 0 fully saturated rings. The van der Waals surface area contributed by atoms with E-state index in [0.29, 0.717) is 30.8 Å². The highest BCUT2D eigenvalue weighted by molar-refractivity contribution is 7.41. The van der Waals surface area contributed by atoms with E-state index in [2.05, 4.69) is 0 Å². The van der Waals surface area contributed by atoms with E-state index in [1.54, 1.807) is 31.2 Å². The molecule has 0 spiro atoms. The first-order chi connectivity index (χ1) is 18.5. The third-order valence-corrected chi connectivity index (χ3v) is 10.4. The molecule has 0 aliphatic heterocycles. The first-order valence-corrected chi connectivity index (χ1v) is 15.7. The van der Waals surface area contributed by atoms with Gasteiger partial charge in [-0.2, -0.15) is 0 Å². The maximum atomic E-state index is 13.5. The molecule has 0 saturated heterocycles. The molecule has 39 heavy (non-hydrogen) atoms. The topological polar surface area (TPSA) is 71.1 Å². The second-order valence-corrected chi connectivity index (χ2v) is 13.2. The number of hydrogen-bond donors (Lipinski definition) is 0. The molecule has 3 atom stereocenters. The normalized spacial score (nSPS) is 13.7. The minimum Gasteiger partial charge on any atom is -0.441 e. The van der Waals surface area contributed by atoms with Crippen molar-refractivity contribution in [3.63, 3.8) is 0 Å². The summed E-state index contributed by atoms with van der Waals surface area (Å²) in [5, 5.41) is -1.99. The predicted molar refractivity (Wildman–Crippen MR) is 158 cm³/mol. The summed E-state index contributed by atoms with van der Waals surface area (Å²) in [5.74, 6) is 2.29. The van der Waals surface area contributed by atoms with Gasteiger partial charge >= 0.3 is 26.7 Å². The van der Waals surface area contributed by atoms with E-state index < -0.39 is 26.7 Å². The molecule has 0 aliphatic carbocycles. The number of ether oxygens (including phenoxy) is 2. The van der Waals surface area contributed by atoms with Crippen molar-refractivity contribution in [2.45, 2.75) is 85.3 Å². The van der Waals surface area contributed by atoms with E-state index in [1.807, 2.05) is 84.9 Å². The summed E-state index contributed by atoms with van der Waals surface area (Å²) in [6, 6.07) is 18.5. The van der Waals surface area contributed by atoms with Crippen molar-refractivity contribution < 1.29 is 27.7 Å². The molecule has 0 aromatic heterocycles. The second kappa shape index (κ2) is 12.9. The average Bonchev–Trinajstić information content (AvgIpc) is 2.92. The van der Waals surface area contributed by atoms with Crippen LogP contribution in [0.25, 0.3) is 0 Å². The van der Waals surface area contributed by atoms with Crippen molar-refractivity contribution in [3.05, 3.63) is 82.9 Å². The van der Waals surface area contributed by atoms with Gasteiger partial charge in [0, 0.05) is 26.2 Å². The molecule has 3 unspecified atom stereocenters. The monoisotopic (exact) mass is 570 g/mol. The Morgan fingerprint density at radius 2 is 0.974 bits per heavy atom. The van der Waals surface area contributed by atoms with Crippen LogP contribution in [0.4, 0.5) is 0 Å². The zero-order valence-corrected chi connectivity index (χ0v) is 26.0. The Kier molecular flexibility index (Phi) is 10.2. The van der Waals surface area contributed by atoms with Gasteiger partial charge < -0.3 is 9.47 Å². The molecule has 0 aliphatic rings. The lowest BCUT2D eigenvalue weighted by Gasteiger charge is -2.23. The maximum absolute atomic E-state index is 13.5. The molecule has 0 radical (unpaired) electrons. The summed E-state index contributed by atoms with van der Waals surface area (Å²) >= 11 is 0. The van der Waals surface area contributed by atoms with Crippen LogP contribution >= 0.6 is 16.1 Å². The van der Waals surface area contributed by atoms with Gasteiger partial charge in [-0.05, 0) is 83.3 Å². The Morgan fingerprint density at radius 3 is 1.36 bits per heavy atom. The summed E-state index contributed by atoms with van der Waals surface area (Å²) < 4.78 is 51.2. The Hall–Kier alpha value is -2.94. The van der Waals surface area contributed by atoms with Crippen LogP contribution in [0, 0.1) is 27.7 Å². The maximum Gasteiger partial charge on any atom is 0.604 e. The quantitative estimate of drug-likeness (QED) is 0.191. The molecule has 0 bridgehead atoms. The lowest BCUT2D eigenvalue weighted by molar-refractivity contribution is 0.133. The first-order valence-electron chi connectivity index (χ1n) is 13.4. The fraction of sp³-hybridized carbons (Fsp3) is 0.419. The minimum atomic E-state index is -2.23. The van der Waals surface area contributed by atoms with Crippen LogP contribution in [-0.4, -0.2) is 10.7 Å². The van der Waals surface area contributed by atoms with Crippen LogP contribution in [0.1, 0.15) is 69.2 Å². The summed E-state index contributed by atoms with van der Waals surface area (Å²) in [5.41, 5.74) is 3.93. The third-order valence-electron chi connectivity index (χ3n) is 7.11. The third kappa shape index (κ3) is 6.99. The van der Waals surface area contributed by atoms with E-state index in [0.717, 1.165) is 33.8 Å². The number of aryl methyl sites for hydroxylation is 4. The second-order valence-electron chi connectivity index (χ2n) is 10.00. The van der Waals surface area contributed by atoms with Crippen LogP contribution in [0.15, 0.2) is 60.7 Å². The number of para-hydroxylation sites is 2. The largest absolute Gasteiger partial charge is 0.604 e. The van der Waals surface area contributed by atoms with Crippen LogP contribution in [0.3, 0.4) is 0 Å². The zero-order chi connectivity index (χ0) is 28.8. The molecule has 3 rings (SSSR count). The van der Waals surface area contributed by atoms with Crippen molar-refractivity contribution in [1.29, 1.82) is 0 Å². The Balaban J connectivity index is 1.72. The minimum absolute atomic E-state index is 0.410. The Labute approximate surface area is 234 Å². The fourth-order valence-electron chi connectivity index (χ4n) is 4.19. The fourth-order valence-corrected chi connectivity index (χ4v) is 6.28. The van der Waals surface area contributed by atoms with Gasteiger partial charge in [-0.1, -0.05) is 57.2 Å². The Morgan fingerprint density at radius 1 is 0.590 bits per heavy atom. The number of hydrogen-bond acceptors (Lipinski definition) is 6. The van der Waals surface area contributed by atoms with Crippen molar-refractivity contribution >= 4 is 16.1 Å². The highest BCUT2D eigenvalue weighted by Crippen LogP contribution is 2.49. The predicted octanol–water partition coefficient (Wildman–Crippen LogP) is 9.96. The molecular formula is C31H40O6P2+2.